The van der Waals surface area contributed by atoms with Crippen LogP contribution in [0.15, 0.2) is 60.8 Å². The number of H-pyrrole nitrogens is 1. The maximum Gasteiger partial charge on any atom is 0.231 e. The van der Waals surface area contributed by atoms with E-state index < -0.39 is 0 Å². The molecule has 5 rings (SSSR count). The fourth-order valence-electron chi connectivity index (χ4n) is 4.62. The molecule has 1 aliphatic rings. The molecule has 1 aliphatic heterocycles. The molecule has 0 radical (unpaired) electrons. The van der Waals surface area contributed by atoms with Gasteiger partial charge in [0.05, 0.1) is 21.3 Å². The molecule has 0 saturated carbocycles. The van der Waals surface area contributed by atoms with E-state index in [9.17, 15) is 4.79 Å². The van der Waals surface area contributed by atoms with Crippen LogP contribution in [0.3, 0.4) is 0 Å². The van der Waals surface area contributed by atoms with E-state index in [2.05, 4.69) is 10.3 Å². The van der Waals surface area contributed by atoms with Crippen LogP contribution in [0, 0.1) is 0 Å². The number of carbonyl (C=O) groups is 1. The van der Waals surface area contributed by atoms with Gasteiger partial charge >= 0.3 is 0 Å². The molecule has 3 aromatic carbocycles. The second-order valence-electron chi connectivity index (χ2n) is 8.46. The monoisotopic (exact) mass is 488 g/mol. The molecule has 0 fully saturated rings. The Hall–Kier alpha value is -4.33. The molecule has 2 heterocycles. The quantitative estimate of drug-likeness (QED) is 0.353. The average molecular weight is 489 g/mol. The van der Waals surface area contributed by atoms with Crippen molar-refractivity contribution >= 4 is 16.8 Å². The van der Waals surface area contributed by atoms with E-state index in [4.69, 9.17) is 23.7 Å². The third-order valence-corrected chi connectivity index (χ3v) is 6.43. The van der Waals surface area contributed by atoms with Crippen molar-refractivity contribution in [3.05, 3.63) is 77.5 Å². The number of amides is 1. The highest BCUT2D eigenvalue weighted by Gasteiger charge is 2.26. The van der Waals surface area contributed by atoms with Crippen molar-refractivity contribution < 1.29 is 28.5 Å². The minimum Gasteiger partial charge on any atom is -0.497 e. The van der Waals surface area contributed by atoms with Gasteiger partial charge in [-0.05, 0) is 41.5 Å². The standard InChI is InChI=1S/C28H28N2O6/c1-32-18-8-9-19(25(12-18)34-3)20(21-15-29-22-5-4-6-24(33-2)28(21)22)13-27(31)30-14-17-7-10-23-26(11-17)36-16-35-23/h4-12,15,20,29H,13-14,16H2,1-3H3,(H,30,31)/t20-/m0/s1. The van der Waals surface area contributed by atoms with Gasteiger partial charge < -0.3 is 34.0 Å². The van der Waals surface area contributed by atoms with Gasteiger partial charge in [0, 0.05) is 47.6 Å². The highest BCUT2D eigenvalue weighted by atomic mass is 16.7. The molecule has 0 saturated heterocycles. The molecule has 4 aromatic rings. The Morgan fingerprint density at radius 2 is 1.78 bits per heavy atom. The molecule has 2 N–H and O–H groups in total. The van der Waals surface area contributed by atoms with Crippen molar-refractivity contribution in [2.75, 3.05) is 28.1 Å². The topological polar surface area (TPSA) is 91.0 Å². The van der Waals surface area contributed by atoms with E-state index in [1.807, 2.05) is 60.8 Å². The van der Waals surface area contributed by atoms with Crippen LogP contribution in [0.1, 0.15) is 29.0 Å². The van der Waals surface area contributed by atoms with Gasteiger partial charge in [-0.15, -0.1) is 0 Å². The molecule has 1 amide bonds. The Bertz CT molecular complexity index is 1400. The maximum absolute atomic E-state index is 13.3. The summed E-state index contributed by atoms with van der Waals surface area (Å²) < 4.78 is 27.6. The molecular weight excluding hydrogens is 460 g/mol. The molecule has 0 unspecified atom stereocenters. The second kappa shape index (κ2) is 10.1. The van der Waals surface area contributed by atoms with Gasteiger partial charge in [-0.3, -0.25) is 4.79 Å². The first-order valence-electron chi connectivity index (χ1n) is 11.6. The fraction of sp³-hybridized carbons (Fsp3) is 0.250. The Morgan fingerprint density at radius 3 is 2.58 bits per heavy atom. The summed E-state index contributed by atoms with van der Waals surface area (Å²) in [5.74, 6) is 3.07. The van der Waals surface area contributed by atoms with Gasteiger partial charge in [0.15, 0.2) is 11.5 Å². The van der Waals surface area contributed by atoms with E-state index >= 15 is 0 Å². The molecule has 0 bridgehead atoms. The summed E-state index contributed by atoms with van der Waals surface area (Å²) in [4.78, 5) is 16.6. The predicted molar refractivity (Wildman–Crippen MR) is 135 cm³/mol. The van der Waals surface area contributed by atoms with Crippen LogP contribution in [0.5, 0.6) is 28.7 Å². The number of aromatic nitrogens is 1. The second-order valence-corrected chi connectivity index (χ2v) is 8.46. The lowest BCUT2D eigenvalue weighted by atomic mass is 9.87. The summed E-state index contributed by atoms with van der Waals surface area (Å²) in [6.45, 7) is 0.587. The number of fused-ring (bicyclic) bond motifs is 2. The van der Waals surface area contributed by atoms with Crippen molar-refractivity contribution in [2.45, 2.75) is 18.9 Å². The zero-order valence-electron chi connectivity index (χ0n) is 20.4. The fourth-order valence-corrected chi connectivity index (χ4v) is 4.62. The van der Waals surface area contributed by atoms with Crippen LogP contribution in [-0.2, 0) is 11.3 Å². The van der Waals surface area contributed by atoms with Crippen molar-refractivity contribution in [1.29, 1.82) is 0 Å². The zero-order valence-corrected chi connectivity index (χ0v) is 20.4. The molecule has 186 valence electrons. The largest absolute Gasteiger partial charge is 0.497 e. The van der Waals surface area contributed by atoms with E-state index in [1.54, 1.807) is 21.3 Å². The molecule has 8 heteroatoms. The molecular formula is C28H28N2O6. The third kappa shape index (κ3) is 4.49. The summed E-state index contributed by atoms with van der Waals surface area (Å²) in [5, 5.41) is 3.98. The number of methoxy groups -OCH3 is 3. The summed E-state index contributed by atoms with van der Waals surface area (Å²) in [6, 6.07) is 17.2. The van der Waals surface area contributed by atoms with Crippen molar-refractivity contribution in [3.8, 4) is 28.7 Å². The molecule has 1 aromatic heterocycles. The first kappa shape index (κ1) is 23.4. The number of carbonyl (C=O) groups excluding carboxylic acids is 1. The van der Waals surface area contributed by atoms with Gasteiger partial charge in [-0.1, -0.05) is 18.2 Å². The summed E-state index contributed by atoms with van der Waals surface area (Å²) in [5.41, 5.74) is 3.69. The number of benzene rings is 3. The number of rotatable bonds is 9. The average Bonchev–Trinajstić information content (AvgIpc) is 3.57. The van der Waals surface area contributed by atoms with Crippen LogP contribution >= 0.6 is 0 Å². The Morgan fingerprint density at radius 1 is 0.944 bits per heavy atom. The first-order valence-corrected chi connectivity index (χ1v) is 11.6. The highest BCUT2D eigenvalue weighted by Crippen LogP contribution is 2.42. The summed E-state index contributed by atoms with van der Waals surface area (Å²) in [6.07, 6.45) is 2.14. The number of ether oxygens (including phenoxy) is 5. The Labute approximate surface area is 209 Å². The minimum atomic E-state index is -0.298. The van der Waals surface area contributed by atoms with Crippen LogP contribution in [0.4, 0.5) is 0 Å². The maximum atomic E-state index is 13.3. The highest BCUT2D eigenvalue weighted by molar-refractivity contribution is 5.91. The Kier molecular flexibility index (Phi) is 6.58. The lowest BCUT2D eigenvalue weighted by Gasteiger charge is -2.21. The molecule has 0 aliphatic carbocycles. The lowest BCUT2D eigenvalue weighted by molar-refractivity contribution is -0.121. The number of hydrogen-bond donors (Lipinski definition) is 2. The van der Waals surface area contributed by atoms with Gasteiger partial charge in [-0.25, -0.2) is 0 Å². The van der Waals surface area contributed by atoms with Crippen LogP contribution in [-0.4, -0.2) is 39.0 Å². The summed E-state index contributed by atoms with van der Waals surface area (Å²) >= 11 is 0. The smallest absolute Gasteiger partial charge is 0.231 e. The normalized spacial score (nSPS) is 12.9. The Balaban J connectivity index is 1.47. The van der Waals surface area contributed by atoms with Gasteiger partial charge in [0.25, 0.3) is 0 Å². The van der Waals surface area contributed by atoms with Crippen molar-refractivity contribution in [2.24, 2.45) is 0 Å². The number of nitrogens with one attached hydrogen (secondary N) is 2. The van der Waals surface area contributed by atoms with E-state index in [1.165, 1.54) is 0 Å². The van der Waals surface area contributed by atoms with Crippen LogP contribution in [0.25, 0.3) is 10.9 Å². The van der Waals surface area contributed by atoms with Crippen LogP contribution in [0.2, 0.25) is 0 Å². The minimum absolute atomic E-state index is 0.0974. The van der Waals surface area contributed by atoms with Crippen molar-refractivity contribution in [3.63, 3.8) is 0 Å². The molecule has 8 nitrogen and oxygen atoms in total. The van der Waals surface area contributed by atoms with Gasteiger partial charge in [0.1, 0.15) is 17.2 Å². The SMILES string of the molecule is COc1ccc([C@H](CC(=O)NCc2ccc3c(c2)OCO3)c2c[nH]c3cccc(OC)c23)c(OC)c1. The summed E-state index contributed by atoms with van der Waals surface area (Å²) in [7, 11) is 4.87. The zero-order chi connectivity index (χ0) is 25.1. The number of aromatic amines is 1. The lowest BCUT2D eigenvalue weighted by Crippen LogP contribution is -2.25. The van der Waals surface area contributed by atoms with Crippen LogP contribution < -0.4 is 29.0 Å². The molecule has 1 atom stereocenters. The third-order valence-electron chi connectivity index (χ3n) is 6.43. The van der Waals surface area contributed by atoms with Gasteiger partial charge in [0.2, 0.25) is 12.7 Å². The van der Waals surface area contributed by atoms with E-state index in [-0.39, 0.29) is 25.0 Å². The van der Waals surface area contributed by atoms with E-state index in [0.717, 1.165) is 33.3 Å². The number of hydrogen-bond acceptors (Lipinski definition) is 6. The molecule has 36 heavy (non-hydrogen) atoms. The first-order chi connectivity index (χ1) is 17.6. The van der Waals surface area contributed by atoms with Gasteiger partial charge in [-0.2, -0.15) is 0 Å². The predicted octanol–water partition coefficient (Wildman–Crippen LogP) is 4.76. The van der Waals surface area contributed by atoms with E-state index in [0.29, 0.717) is 29.5 Å². The molecule has 0 spiro atoms. The van der Waals surface area contributed by atoms with Crippen molar-refractivity contribution in [1.82, 2.24) is 10.3 Å².